The molecule has 3 fully saturated rings. The molecule has 3 heterocycles. The van der Waals surface area contributed by atoms with Crippen molar-refractivity contribution in [3.63, 3.8) is 0 Å². The molecule has 0 aromatic heterocycles. The molecule has 92 valence electrons. The van der Waals surface area contributed by atoms with Crippen molar-refractivity contribution in [1.29, 1.82) is 0 Å². The highest BCUT2D eigenvalue weighted by Gasteiger charge is 2.57. The van der Waals surface area contributed by atoms with Gasteiger partial charge < -0.3 is 18.9 Å². The van der Waals surface area contributed by atoms with Gasteiger partial charge in [-0.3, -0.25) is 0 Å². The summed E-state index contributed by atoms with van der Waals surface area (Å²) in [7, 11) is 0. The molecule has 4 unspecified atom stereocenters. The van der Waals surface area contributed by atoms with Gasteiger partial charge in [0, 0.05) is 0 Å². The fraction of sp³-hybridized carbons (Fsp3) is 1.00. The smallest absolute Gasteiger partial charge is 0.165 e. The maximum Gasteiger partial charge on any atom is 0.165 e. The molecule has 16 heavy (non-hydrogen) atoms. The van der Waals surface area contributed by atoms with E-state index in [0.29, 0.717) is 11.9 Å². The van der Waals surface area contributed by atoms with Gasteiger partial charge in [0.2, 0.25) is 0 Å². The largest absolute Gasteiger partial charge is 0.349 e. The van der Waals surface area contributed by atoms with Crippen molar-refractivity contribution in [2.24, 2.45) is 0 Å². The predicted molar refractivity (Wildman–Crippen MR) is 60.1 cm³/mol. The van der Waals surface area contributed by atoms with E-state index in [1.165, 1.54) is 0 Å². The Hall–Kier alpha value is 0.190. The van der Waals surface area contributed by atoms with Gasteiger partial charge in [-0.15, -0.1) is 11.8 Å². The van der Waals surface area contributed by atoms with Crippen LogP contribution in [0.2, 0.25) is 0 Å². The number of ether oxygens (including phenoxy) is 4. The Morgan fingerprint density at radius 3 is 2.38 bits per heavy atom. The van der Waals surface area contributed by atoms with Gasteiger partial charge in [-0.1, -0.05) is 0 Å². The topological polar surface area (TPSA) is 36.9 Å². The Morgan fingerprint density at radius 2 is 1.62 bits per heavy atom. The third kappa shape index (κ3) is 1.78. The lowest BCUT2D eigenvalue weighted by Crippen LogP contribution is -2.50. The minimum atomic E-state index is -0.507. The summed E-state index contributed by atoms with van der Waals surface area (Å²) in [4.78, 5) is 0. The fourth-order valence-corrected chi connectivity index (χ4v) is 3.98. The van der Waals surface area contributed by atoms with Gasteiger partial charge in [0.1, 0.15) is 17.6 Å². The van der Waals surface area contributed by atoms with E-state index in [4.69, 9.17) is 18.9 Å². The fourth-order valence-electron chi connectivity index (χ4n) is 2.47. The summed E-state index contributed by atoms with van der Waals surface area (Å²) in [6, 6.07) is 0. The van der Waals surface area contributed by atoms with Crippen molar-refractivity contribution < 1.29 is 18.9 Å². The van der Waals surface area contributed by atoms with Gasteiger partial charge in [0.05, 0.1) is 11.9 Å². The number of hydrogen-bond acceptors (Lipinski definition) is 5. The summed E-state index contributed by atoms with van der Waals surface area (Å²) in [5.41, 5.74) is 0.0856. The van der Waals surface area contributed by atoms with Crippen LogP contribution in [-0.4, -0.2) is 41.1 Å². The van der Waals surface area contributed by atoms with Crippen molar-refractivity contribution in [2.75, 3.05) is 6.61 Å². The monoisotopic (exact) mass is 246 g/mol. The first kappa shape index (κ1) is 11.3. The van der Waals surface area contributed by atoms with Crippen LogP contribution < -0.4 is 0 Å². The zero-order valence-electron chi connectivity index (χ0n) is 10.1. The van der Waals surface area contributed by atoms with Crippen molar-refractivity contribution in [3.8, 4) is 0 Å². The molecule has 3 saturated heterocycles. The molecule has 0 amide bonds. The van der Waals surface area contributed by atoms with E-state index in [-0.39, 0.29) is 17.6 Å². The highest BCUT2D eigenvalue weighted by Crippen LogP contribution is 2.49. The first-order chi connectivity index (χ1) is 7.36. The standard InChI is InChI=1S/C11H18O4S/c1-10(2)12-5-6-7(13-10)8-9(16-6)15-11(3,4)14-8/h6-9H,5H2,1-4H3. The molecule has 4 atom stereocenters. The Morgan fingerprint density at radius 1 is 0.938 bits per heavy atom. The minimum Gasteiger partial charge on any atom is -0.349 e. The lowest BCUT2D eigenvalue weighted by molar-refractivity contribution is -0.287. The SMILES string of the molecule is CC1(C)OCC2SC3OC(C)(C)OC3C2O1. The quantitative estimate of drug-likeness (QED) is 0.650. The molecule has 4 nitrogen and oxygen atoms in total. The number of thioether (sulfide) groups is 1. The van der Waals surface area contributed by atoms with E-state index in [1.54, 1.807) is 11.8 Å². The van der Waals surface area contributed by atoms with Crippen LogP contribution in [0.25, 0.3) is 0 Å². The highest BCUT2D eigenvalue weighted by atomic mass is 32.2. The summed E-state index contributed by atoms with van der Waals surface area (Å²) in [5.74, 6) is -0.994. The van der Waals surface area contributed by atoms with Crippen molar-refractivity contribution in [1.82, 2.24) is 0 Å². The van der Waals surface area contributed by atoms with Gasteiger partial charge in [-0.2, -0.15) is 0 Å². The summed E-state index contributed by atoms with van der Waals surface area (Å²) < 4.78 is 23.3. The van der Waals surface area contributed by atoms with E-state index in [0.717, 1.165) is 0 Å². The Balaban J connectivity index is 1.78. The van der Waals surface area contributed by atoms with Crippen LogP contribution in [0.3, 0.4) is 0 Å². The van der Waals surface area contributed by atoms with Gasteiger partial charge in [-0.05, 0) is 27.7 Å². The molecule has 3 aliphatic rings. The second-order valence-electron chi connectivity index (χ2n) is 5.44. The molecule has 3 aliphatic heterocycles. The first-order valence-corrected chi connectivity index (χ1v) is 6.63. The van der Waals surface area contributed by atoms with Crippen molar-refractivity contribution in [3.05, 3.63) is 0 Å². The first-order valence-electron chi connectivity index (χ1n) is 5.69. The third-order valence-corrected chi connectivity index (χ3v) is 4.49. The maximum atomic E-state index is 5.96. The van der Waals surface area contributed by atoms with Crippen LogP contribution in [0, 0.1) is 0 Å². The average molecular weight is 246 g/mol. The molecular formula is C11H18O4S. The van der Waals surface area contributed by atoms with E-state index in [2.05, 4.69) is 0 Å². The Labute approximate surface area is 99.9 Å². The second-order valence-corrected chi connectivity index (χ2v) is 6.78. The third-order valence-electron chi connectivity index (χ3n) is 3.10. The van der Waals surface area contributed by atoms with Gasteiger partial charge in [-0.25, -0.2) is 0 Å². The molecule has 0 bridgehead atoms. The van der Waals surface area contributed by atoms with E-state index in [9.17, 15) is 0 Å². The number of fused-ring (bicyclic) bond motifs is 3. The van der Waals surface area contributed by atoms with Crippen LogP contribution in [0.4, 0.5) is 0 Å². The molecule has 0 N–H and O–H groups in total. The van der Waals surface area contributed by atoms with Crippen LogP contribution in [0.1, 0.15) is 27.7 Å². The zero-order chi connectivity index (χ0) is 11.6. The summed E-state index contributed by atoms with van der Waals surface area (Å²) >= 11 is 1.77. The second kappa shape index (κ2) is 3.36. The van der Waals surface area contributed by atoms with Crippen molar-refractivity contribution >= 4 is 11.8 Å². The molecule has 0 aliphatic carbocycles. The minimum absolute atomic E-state index is 0.0353. The highest BCUT2D eigenvalue weighted by molar-refractivity contribution is 8.00. The Kier molecular flexibility index (Phi) is 2.37. The molecule has 0 spiro atoms. The van der Waals surface area contributed by atoms with Crippen LogP contribution in [0.5, 0.6) is 0 Å². The zero-order valence-corrected chi connectivity index (χ0v) is 10.9. The molecule has 5 heteroatoms. The van der Waals surface area contributed by atoms with E-state index in [1.807, 2.05) is 27.7 Å². The molecular weight excluding hydrogens is 228 g/mol. The van der Waals surface area contributed by atoms with E-state index >= 15 is 0 Å². The maximum absolute atomic E-state index is 5.96. The van der Waals surface area contributed by atoms with Gasteiger partial charge >= 0.3 is 0 Å². The van der Waals surface area contributed by atoms with Gasteiger partial charge in [0.25, 0.3) is 0 Å². The van der Waals surface area contributed by atoms with E-state index < -0.39 is 11.6 Å². The summed E-state index contributed by atoms with van der Waals surface area (Å²) in [5, 5.41) is 0.333. The normalized spacial score (nSPS) is 48.8. The lowest BCUT2D eigenvalue weighted by Gasteiger charge is -2.39. The van der Waals surface area contributed by atoms with Crippen LogP contribution in [0.15, 0.2) is 0 Å². The molecule has 0 radical (unpaired) electrons. The molecule has 0 aromatic rings. The molecule has 0 aromatic carbocycles. The van der Waals surface area contributed by atoms with Crippen molar-refractivity contribution in [2.45, 2.75) is 62.2 Å². The molecule has 0 saturated carbocycles. The number of hydrogen-bond donors (Lipinski definition) is 0. The number of rotatable bonds is 0. The van der Waals surface area contributed by atoms with Crippen LogP contribution >= 0.6 is 11.8 Å². The average Bonchev–Trinajstić information content (AvgIpc) is 2.57. The molecule has 3 rings (SSSR count). The summed E-state index contributed by atoms with van der Waals surface area (Å²) in [6.07, 6.45) is 0.119. The van der Waals surface area contributed by atoms with Gasteiger partial charge in [0.15, 0.2) is 11.6 Å². The summed E-state index contributed by atoms with van der Waals surface area (Å²) in [6.45, 7) is 8.50. The lowest BCUT2D eigenvalue weighted by atomic mass is 10.1. The van der Waals surface area contributed by atoms with Crippen LogP contribution in [-0.2, 0) is 18.9 Å². The predicted octanol–water partition coefficient (Wildman–Crippen LogP) is 1.73. The Bertz CT molecular complexity index is 304.